The van der Waals surface area contributed by atoms with Crippen molar-refractivity contribution in [1.29, 1.82) is 0 Å². The minimum Gasteiger partial charge on any atom is -0.343 e. The van der Waals surface area contributed by atoms with Gasteiger partial charge in [0.05, 0.1) is 6.54 Å². The second kappa shape index (κ2) is 5.55. The minimum atomic E-state index is -0.381. The molecule has 0 spiro atoms. The van der Waals surface area contributed by atoms with Gasteiger partial charge in [0.25, 0.3) is 0 Å². The molecule has 1 aliphatic rings. The van der Waals surface area contributed by atoms with Gasteiger partial charge in [0, 0.05) is 0 Å². The number of nitrogens with one attached hydrogen (secondary N) is 1. The van der Waals surface area contributed by atoms with Gasteiger partial charge in [0.1, 0.15) is 12.1 Å². The van der Waals surface area contributed by atoms with Crippen LogP contribution in [0.3, 0.4) is 0 Å². The Balaban J connectivity index is 2.89. The predicted molar refractivity (Wildman–Crippen MR) is 61.5 cm³/mol. The van der Waals surface area contributed by atoms with Crippen molar-refractivity contribution < 1.29 is 9.59 Å². The first-order chi connectivity index (χ1) is 7.65. The van der Waals surface area contributed by atoms with Crippen LogP contribution in [0.25, 0.3) is 0 Å². The number of rotatable bonds is 3. The highest BCUT2D eigenvalue weighted by Crippen LogP contribution is 2.14. The van der Waals surface area contributed by atoms with Crippen molar-refractivity contribution in [1.82, 2.24) is 10.2 Å². The molecule has 0 aromatic heterocycles. The molecule has 1 fully saturated rings. The molecular weight excluding hydrogens is 204 g/mol. The molecule has 16 heavy (non-hydrogen) atoms. The smallest absolute Gasteiger partial charge is 0.246 e. The largest absolute Gasteiger partial charge is 0.343 e. The minimum absolute atomic E-state index is 0.0169. The Kier molecular flexibility index (Phi) is 4.36. The maximum Gasteiger partial charge on any atom is 0.246 e. The first-order valence-corrected chi connectivity index (χ1v) is 5.66. The van der Waals surface area contributed by atoms with Crippen molar-refractivity contribution in [3.8, 4) is 11.8 Å². The molecule has 4 heteroatoms. The molecule has 1 aliphatic heterocycles. The second-order valence-corrected chi connectivity index (χ2v) is 3.79. The van der Waals surface area contributed by atoms with Gasteiger partial charge in [0.15, 0.2) is 0 Å². The second-order valence-electron chi connectivity index (χ2n) is 3.79. The number of amides is 2. The summed E-state index contributed by atoms with van der Waals surface area (Å²) in [6, 6.07) is -0.745. The number of hydrogen-bond donors (Lipinski definition) is 1. The third-order valence-electron chi connectivity index (χ3n) is 2.80. The standard InChI is InChI=1S/C12H18N2O2/c1-4-7-8-14-10(6-3)11(15)13-9(5-2)12(14)16/h9-10H,5-6,8H2,1-3H3,(H,13,15). The summed E-state index contributed by atoms with van der Waals surface area (Å²) in [5, 5.41) is 2.74. The monoisotopic (exact) mass is 222 g/mol. The molecule has 0 aromatic carbocycles. The number of hydrogen-bond acceptors (Lipinski definition) is 2. The molecule has 0 aliphatic carbocycles. The quantitative estimate of drug-likeness (QED) is 0.708. The summed E-state index contributed by atoms with van der Waals surface area (Å²) in [6.07, 6.45) is 1.25. The predicted octanol–water partition coefficient (Wildman–Crippen LogP) is 0.525. The van der Waals surface area contributed by atoms with Crippen LogP contribution in [0.2, 0.25) is 0 Å². The highest BCUT2D eigenvalue weighted by Gasteiger charge is 2.37. The first-order valence-electron chi connectivity index (χ1n) is 5.66. The Hall–Kier alpha value is -1.50. The maximum atomic E-state index is 12.0. The topological polar surface area (TPSA) is 49.4 Å². The SMILES string of the molecule is CC#CCN1C(=O)C(CC)NC(=O)C1CC. The Morgan fingerprint density at radius 3 is 2.50 bits per heavy atom. The van der Waals surface area contributed by atoms with Gasteiger partial charge in [-0.15, -0.1) is 5.92 Å². The van der Waals surface area contributed by atoms with Crippen molar-refractivity contribution in [3.05, 3.63) is 0 Å². The molecule has 0 aromatic rings. The van der Waals surface area contributed by atoms with Crippen molar-refractivity contribution in [3.63, 3.8) is 0 Å². The summed E-state index contributed by atoms with van der Waals surface area (Å²) in [5.41, 5.74) is 0. The van der Waals surface area contributed by atoms with Crippen LogP contribution in [-0.4, -0.2) is 35.3 Å². The van der Waals surface area contributed by atoms with E-state index in [1.807, 2.05) is 13.8 Å². The maximum absolute atomic E-state index is 12.0. The van der Waals surface area contributed by atoms with Gasteiger partial charge < -0.3 is 10.2 Å². The molecule has 0 radical (unpaired) electrons. The number of nitrogens with zero attached hydrogens (tertiary/aromatic N) is 1. The Labute approximate surface area is 96.4 Å². The summed E-state index contributed by atoms with van der Waals surface area (Å²) in [5.74, 6) is 5.53. The third-order valence-corrected chi connectivity index (χ3v) is 2.80. The van der Waals surface area contributed by atoms with Crippen LogP contribution in [0.15, 0.2) is 0 Å². The molecule has 0 saturated carbocycles. The molecule has 88 valence electrons. The lowest BCUT2D eigenvalue weighted by Gasteiger charge is -2.37. The summed E-state index contributed by atoms with van der Waals surface area (Å²) in [7, 11) is 0. The van der Waals surface area contributed by atoms with Gasteiger partial charge in [-0.3, -0.25) is 9.59 Å². The molecule has 1 rings (SSSR count). The van der Waals surface area contributed by atoms with Crippen LogP contribution in [-0.2, 0) is 9.59 Å². The van der Waals surface area contributed by atoms with Crippen molar-refractivity contribution >= 4 is 11.8 Å². The highest BCUT2D eigenvalue weighted by atomic mass is 16.2. The van der Waals surface area contributed by atoms with E-state index in [9.17, 15) is 9.59 Å². The van der Waals surface area contributed by atoms with E-state index in [1.165, 1.54) is 0 Å². The zero-order valence-electron chi connectivity index (χ0n) is 10.0. The molecule has 1 saturated heterocycles. The average molecular weight is 222 g/mol. The Bertz CT molecular complexity index is 341. The molecular formula is C12H18N2O2. The van der Waals surface area contributed by atoms with Crippen LogP contribution in [0.4, 0.5) is 0 Å². The number of piperazine rings is 1. The average Bonchev–Trinajstić information content (AvgIpc) is 2.29. The summed E-state index contributed by atoms with van der Waals surface area (Å²) in [4.78, 5) is 25.4. The Morgan fingerprint density at radius 2 is 2.00 bits per heavy atom. The lowest BCUT2D eigenvalue weighted by Crippen LogP contribution is -2.62. The number of carbonyl (C=O) groups is 2. The summed E-state index contributed by atoms with van der Waals surface area (Å²) >= 11 is 0. The van der Waals surface area contributed by atoms with Crippen LogP contribution in [0.1, 0.15) is 33.6 Å². The van der Waals surface area contributed by atoms with Gasteiger partial charge in [-0.05, 0) is 19.8 Å². The van der Waals surface area contributed by atoms with E-state index in [-0.39, 0.29) is 23.9 Å². The first kappa shape index (κ1) is 12.6. The Morgan fingerprint density at radius 1 is 1.31 bits per heavy atom. The van der Waals surface area contributed by atoms with Gasteiger partial charge in [-0.25, -0.2) is 0 Å². The molecule has 2 unspecified atom stereocenters. The summed E-state index contributed by atoms with van der Waals surface area (Å²) < 4.78 is 0. The molecule has 2 amide bonds. The van der Waals surface area contributed by atoms with Crippen LogP contribution in [0, 0.1) is 11.8 Å². The lowest BCUT2D eigenvalue weighted by molar-refractivity contribution is -0.148. The van der Waals surface area contributed by atoms with Gasteiger partial charge >= 0.3 is 0 Å². The van der Waals surface area contributed by atoms with Crippen LogP contribution in [0.5, 0.6) is 0 Å². The van der Waals surface area contributed by atoms with E-state index in [0.29, 0.717) is 19.4 Å². The third kappa shape index (κ3) is 2.35. The zero-order chi connectivity index (χ0) is 12.1. The summed E-state index contributed by atoms with van der Waals surface area (Å²) in [6.45, 7) is 5.86. The molecule has 1 N–H and O–H groups in total. The highest BCUT2D eigenvalue weighted by molar-refractivity contribution is 5.97. The molecule has 2 atom stereocenters. The van der Waals surface area contributed by atoms with Gasteiger partial charge in [-0.2, -0.15) is 0 Å². The fourth-order valence-corrected chi connectivity index (χ4v) is 1.86. The van der Waals surface area contributed by atoms with Crippen molar-refractivity contribution in [2.24, 2.45) is 0 Å². The van der Waals surface area contributed by atoms with Crippen LogP contribution >= 0.6 is 0 Å². The zero-order valence-corrected chi connectivity index (χ0v) is 10.0. The molecule has 4 nitrogen and oxygen atoms in total. The van der Waals surface area contributed by atoms with Gasteiger partial charge in [0.2, 0.25) is 11.8 Å². The van der Waals surface area contributed by atoms with E-state index < -0.39 is 0 Å². The van der Waals surface area contributed by atoms with E-state index in [1.54, 1.807) is 11.8 Å². The normalized spacial score (nSPS) is 24.8. The molecule has 0 bridgehead atoms. The van der Waals surface area contributed by atoms with E-state index >= 15 is 0 Å². The van der Waals surface area contributed by atoms with E-state index in [4.69, 9.17) is 0 Å². The van der Waals surface area contributed by atoms with Crippen molar-refractivity contribution in [2.75, 3.05) is 6.54 Å². The van der Waals surface area contributed by atoms with Crippen molar-refractivity contribution in [2.45, 2.75) is 45.7 Å². The van der Waals surface area contributed by atoms with Crippen LogP contribution < -0.4 is 5.32 Å². The lowest BCUT2D eigenvalue weighted by atomic mass is 10.0. The fraction of sp³-hybridized carbons (Fsp3) is 0.667. The van der Waals surface area contributed by atoms with E-state index in [0.717, 1.165) is 0 Å². The van der Waals surface area contributed by atoms with Gasteiger partial charge in [-0.1, -0.05) is 19.8 Å². The number of carbonyl (C=O) groups excluding carboxylic acids is 2. The fourth-order valence-electron chi connectivity index (χ4n) is 1.86. The van der Waals surface area contributed by atoms with E-state index in [2.05, 4.69) is 17.2 Å². The molecule has 1 heterocycles.